The number of benzene rings is 1. The molecule has 2 N–H and O–H groups in total. The third-order valence-electron chi connectivity index (χ3n) is 3.12. The van der Waals surface area contributed by atoms with Gasteiger partial charge in [-0.3, -0.25) is 0 Å². The SMILES string of the molecule is CC(CN)CCN(C)c1ccc2ncoc2c1. The summed E-state index contributed by atoms with van der Waals surface area (Å²) in [6.07, 6.45) is 2.58. The maximum absolute atomic E-state index is 5.62. The normalized spacial score (nSPS) is 12.9. The Morgan fingerprint density at radius 3 is 3.06 bits per heavy atom. The standard InChI is InChI=1S/C13H19N3O/c1-10(8-14)5-6-16(2)11-3-4-12-13(7-11)17-9-15-12/h3-4,7,9-10H,5-6,8,14H2,1-2H3. The highest BCUT2D eigenvalue weighted by Crippen LogP contribution is 2.20. The maximum atomic E-state index is 5.62. The molecule has 1 heterocycles. The molecule has 0 aliphatic heterocycles. The second-order valence-corrected chi connectivity index (χ2v) is 4.56. The molecule has 0 radical (unpaired) electrons. The van der Waals surface area contributed by atoms with Crippen molar-refractivity contribution >= 4 is 16.8 Å². The van der Waals surface area contributed by atoms with Crippen LogP contribution in [-0.4, -0.2) is 25.1 Å². The number of fused-ring (bicyclic) bond motifs is 1. The van der Waals surface area contributed by atoms with Gasteiger partial charge in [0.25, 0.3) is 0 Å². The van der Waals surface area contributed by atoms with E-state index in [1.807, 2.05) is 12.1 Å². The predicted octanol–water partition coefficient (Wildman–Crippen LogP) is 2.25. The van der Waals surface area contributed by atoms with Crippen molar-refractivity contribution in [2.75, 3.05) is 25.0 Å². The largest absolute Gasteiger partial charge is 0.443 e. The van der Waals surface area contributed by atoms with E-state index in [9.17, 15) is 0 Å². The van der Waals surface area contributed by atoms with Crippen molar-refractivity contribution in [1.82, 2.24) is 4.98 Å². The highest BCUT2D eigenvalue weighted by molar-refractivity contribution is 5.76. The van der Waals surface area contributed by atoms with Gasteiger partial charge >= 0.3 is 0 Å². The Balaban J connectivity index is 2.05. The highest BCUT2D eigenvalue weighted by atomic mass is 16.3. The molecule has 1 unspecified atom stereocenters. The molecule has 1 atom stereocenters. The zero-order valence-electron chi connectivity index (χ0n) is 10.4. The van der Waals surface area contributed by atoms with Crippen molar-refractivity contribution in [1.29, 1.82) is 0 Å². The molecule has 92 valence electrons. The van der Waals surface area contributed by atoms with Gasteiger partial charge in [-0.05, 0) is 31.0 Å². The molecule has 4 nitrogen and oxygen atoms in total. The third-order valence-corrected chi connectivity index (χ3v) is 3.12. The van der Waals surface area contributed by atoms with E-state index < -0.39 is 0 Å². The van der Waals surface area contributed by atoms with E-state index in [0.717, 1.165) is 36.3 Å². The van der Waals surface area contributed by atoms with Gasteiger partial charge in [-0.2, -0.15) is 0 Å². The van der Waals surface area contributed by atoms with Crippen LogP contribution in [0.4, 0.5) is 5.69 Å². The lowest BCUT2D eigenvalue weighted by atomic mass is 10.1. The van der Waals surface area contributed by atoms with Crippen molar-refractivity contribution < 1.29 is 4.42 Å². The molecule has 0 amide bonds. The minimum Gasteiger partial charge on any atom is -0.443 e. The van der Waals surface area contributed by atoms with Crippen molar-refractivity contribution in [3.05, 3.63) is 24.6 Å². The lowest BCUT2D eigenvalue weighted by molar-refractivity contribution is 0.545. The summed E-state index contributed by atoms with van der Waals surface area (Å²) in [4.78, 5) is 6.32. The van der Waals surface area contributed by atoms with Crippen molar-refractivity contribution in [2.45, 2.75) is 13.3 Å². The Morgan fingerprint density at radius 2 is 2.29 bits per heavy atom. The second kappa shape index (κ2) is 5.19. The van der Waals surface area contributed by atoms with Crippen molar-refractivity contribution in [3.63, 3.8) is 0 Å². The van der Waals surface area contributed by atoms with Crippen LogP contribution >= 0.6 is 0 Å². The van der Waals surface area contributed by atoms with Crippen LogP contribution in [-0.2, 0) is 0 Å². The number of rotatable bonds is 5. The molecule has 4 heteroatoms. The Labute approximate surface area is 101 Å². The van der Waals surface area contributed by atoms with E-state index in [-0.39, 0.29) is 0 Å². The lowest BCUT2D eigenvalue weighted by Gasteiger charge is -2.20. The Kier molecular flexibility index (Phi) is 3.64. The summed E-state index contributed by atoms with van der Waals surface area (Å²) < 4.78 is 5.30. The molecule has 0 spiro atoms. The molecule has 2 rings (SSSR count). The Hall–Kier alpha value is -1.55. The average molecular weight is 233 g/mol. The van der Waals surface area contributed by atoms with Gasteiger partial charge in [0, 0.05) is 25.3 Å². The first-order valence-electron chi connectivity index (χ1n) is 5.95. The van der Waals surface area contributed by atoms with Gasteiger partial charge < -0.3 is 15.1 Å². The molecule has 0 aliphatic carbocycles. The summed E-state index contributed by atoms with van der Waals surface area (Å²) in [7, 11) is 2.08. The molecule has 0 saturated carbocycles. The molecule has 0 saturated heterocycles. The van der Waals surface area contributed by atoms with Crippen molar-refractivity contribution in [3.8, 4) is 0 Å². The van der Waals surface area contributed by atoms with Gasteiger partial charge in [-0.25, -0.2) is 4.98 Å². The van der Waals surface area contributed by atoms with Crippen LogP contribution in [0.3, 0.4) is 0 Å². The first-order chi connectivity index (χ1) is 8.20. The van der Waals surface area contributed by atoms with E-state index in [0.29, 0.717) is 5.92 Å². The van der Waals surface area contributed by atoms with E-state index >= 15 is 0 Å². The van der Waals surface area contributed by atoms with Gasteiger partial charge in [-0.15, -0.1) is 0 Å². The summed E-state index contributed by atoms with van der Waals surface area (Å²) in [5.41, 5.74) is 8.50. The minimum atomic E-state index is 0.562. The van der Waals surface area contributed by atoms with Crippen LogP contribution < -0.4 is 10.6 Å². The first kappa shape index (κ1) is 11.9. The number of nitrogens with zero attached hydrogens (tertiary/aromatic N) is 2. The van der Waals surface area contributed by atoms with E-state index in [1.54, 1.807) is 0 Å². The number of oxazole rings is 1. The number of nitrogens with two attached hydrogens (primary N) is 1. The quantitative estimate of drug-likeness (QED) is 0.860. The fourth-order valence-electron chi connectivity index (χ4n) is 1.74. The second-order valence-electron chi connectivity index (χ2n) is 4.56. The van der Waals surface area contributed by atoms with Gasteiger partial charge in [-0.1, -0.05) is 6.92 Å². The van der Waals surface area contributed by atoms with E-state index in [2.05, 4.69) is 29.9 Å². The number of anilines is 1. The van der Waals surface area contributed by atoms with Gasteiger partial charge in [0.2, 0.25) is 0 Å². The van der Waals surface area contributed by atoms with Crippen LogP contribution in [0.25, 0.3) is 11.1 Å². The molecule has 1 aromatic heterocycles. The lowest BCUT2D eigenvalue weighted by Crippen LogP contribution is -2.22. The highest BCUT2D eigenvalue weighted by Gasteiger charge is 2.06. The topological polar surface area (TPSA) is 55.3 Å². The summed E-state index contributed by atoms with van der Waals surface area (Å²) in [5, 5.41) is 0. The molecule has 2 aromatic rings. The fraction of sp³-hybridized carbons (Fsp3) is 0.462. The van der Waals surface area contributed by atoms with Crippen LogP contribution in [0.15, 0.2) is 29.0 Å². The number of aromatic nitrogens is 1. The number of hydrogen-bond acceptors (Lipinski definition) is 4. The number of hydrogen-bond donors (Lipinski definition) is 1. The summed E-state index contributed by atoms with van der Waals surface area (Å²) in [5.74, 6) is 0.562. The van der Waals surface area contributed by atoms with Gasteiger partial charge in [0.15, 0.2) is 12.0 Å². The first-order valence-corrected chi connectivity index (χ1v) is 5.95. The molecule has 1 aromatic carbocycles. The average Bonchev–Trinajstić information content (AvgIpc) is 2.82. The van der Waals surface area contributed by atoms with Crippen LogP contribution in [0.2, 0.25) is 0 Å². The maximum Gasteiger partial charge on any atom is 0.181 e. The fourth-order valence-corrected chi connectivity index (χ4v) is 1.74. The van der Waals surface area contributed by atoms with Crippen molar-refractivity contribution in [2.24, 2.45) is 11.7 Å². The van der Waals surface area contributed by atoms with Crippen LogP contribution in [0.1, 0.15) is 13.3 Å². The molecule has 0 fully saturated rings. The summed E-state index contributed by atoms with van der Waals surface area (Å²) in [6, 6.07) is 6.07. The Morgan fingerprint density at radius 1 is 1.47 bits per heavy atom. The smallest absolute Gasteiger partial charge is 0.181 e. The summed E-state index contributed by atoms with van der Waals surface area (Å²) >= 11 is 0. The van der Waals surface area contributed by atoms with Crippen LogP contribution in [0, 0.1) is 5.92 Å². The zero-order valence-corrected chi connectivity index (χ0v) is 10.4. The summed E-state index contributed by atoms with van der Waals surface area (Å²) in [6.45, 7) is 3.92. The van der Waals surface area contributed by atoms with E-state index in [4.69, 9.17) is 10.2 Å². The molecule has 17 heavy (non-hydrogen) atoms. The minimum absolute atomic E-state index is 0.562. The zero-order chi connectivity index (χ0) is 12.3. The third kappa shape index (κ3) is 2.77. The van der Waals surface area contributed by atoms with Gasteiger partial charge in [0.05, 0.1) is 0 Å². The van der Waals surface area contributed by atoms with Gasteiger partial charge in [0.1, 0.15) is 5.52 Å². The molecular weight excluding hydrogens is 214 g/mol. The van der Waals surface area contributed by atoms with Crippen LogP contribution in [0.5, 0.6) is 0 Å². The van der Waals surface area contributed by atoms with E-state index in [1.165, 1.54) is 6.39 Å². The monoisotopic (exact) mass is 233 g/mol. The Bertz CT molecular complexity index is 480. The molecular formula is C13H19N3O. The predicted molar refractivity (Wildman–Crippen MR) is 70.1 cm³/mol. The molecule has 0 bridgehead atoms. The molecule has 0 aliphatic rings.